The third-order valence-corrected chi connectivity index (χ3v) is 3.35. The Morgan fingerprint density at radius 2 is 2.35 bits per heavy atom. The van der Waals surface area contributed by atoms with Gasteiger partial charge in [0, 0.05) is 13.6 Å². The molecule has 2 aromatic heterocycles. The molecule has 0 aliphatic rings. The van der Waals surface area contributed by atoms with Crippen LogP contribution >= 0.6 is 23.4 Å². The van der Waals surface area contributed by atoms with Crippen molar-refractivity contribution >= 4 is 29.3 Å². The van der Waals surface area contributed by atoms with Crippen molar-refractivity contribution < 1.29 is 0 Å². The first kappa shape index (κ1) is 12.1. The SMILES string of the molecule is CCNc1ncc(Cl)c(Sc2nncn2C)n1. The average molecular weight is 271 g/mol. The number of rotatable bonds is 4. The molecule has 0 aliphatic heterocycles. The van der Waals surface area contributed by atoms with E-state index < -0.39 is 0 Å². The van der Waals surface area contributed by atoms with Gasteiger partial charge in [0.1, 0.15) is 11.4 Å². The second kappa shape index (κ2) is 5.33. The van der Waals surface area contributed by atoms with Crippen LogP contribution in [0.5, 0.6) is 0 Å². The molecule has 0 aromatic carbocycles. The number of hydrogen-bond donors (Lipinski definition) is 1. The van der Waals surface area contributed by atoms with Gasteiger partial charge in [-0.05, 0) is 18.7 Å². The van der Waals surface area contributed by atoms with E-state index in [0.29, 0.717) is 16.0 Å². The minimum Gasteiger partial charge on any atom is -0.354 e. The Balaban J connectivity index is 2.25. The fourth-order valence-corrected chi connectivity index (χ4v) is 2.06. The molecule has 0 bridgehead atoms. The molecule has 0 atom stereocenters. The van der Waals surface area contributed by atoms with Crippen LogP contribution in [0.4, 0.5) is 5.95 Å². The number of halogens is 1. The molecule has 17 heavy (non-hydrogen) atoms. The summed E-state index contributed by atoms with van der Waals surface area (Å²) in [6.45, 7) is 2.74. The summed E-state index contributed by atoms with van der Waals surface area (Å²) < 4.78 is 1.80. The van der Waals surface area contributed by atoms with E-state index in [1.807, 2.05) is 14.0 Å². The molecular formula is C9H11ClN6S. The Morgan fingerprint density at radius 3 is 3.00 bits per heavy atom. The summed E-state index contributed by atoms with van der Waals surface area (Å²) in [6.07, 6.45) is 3.20. The van der Waals surface area contributed by atoms with E-state index in [9.17, 15) is 0 Å². The Morgan fingerprint density at radius 1 is 1.53 bits per heavy atom. The molecule has 2 rings (SSSR count). The number of aryl methyl sites for hydroxylation is 1. The molecule has 0 spiro atoms. The number of nitrogens with zero attached hydrogens (tertiary/aromatic N) is 5. The van der Waals surface area contributed by atoms with Crippen molar-refractivity contribution in [3.05, 3.63) is 17.5 Å². The number of nitrogens with one attached hydrogen (secondary N) is 1. The molecule has 0 saturated carbocycles. The van der Waals surface area contributed by atoms with Crippen molar-refractivity contribution in [2.24, 2.45) is 7.05 Å². The lowest BCUT2D eigenvalue weighted by atomic mass is 10.6. The largest absolute Gasteiger partial charge is 0.354 e. The average Bonchev–Trinajstić information content (AvgIpc) is 2.70. The van der Waals surface area contributed by atoms with E-state index in [-0.39, 0.29) is 0 Å². The second-order valence-corrected chi connectivity index (χ2v) is 4.57. The zero-order valence-corrected chi connectivity index (χ0v) is 11.0. The summed E-state index contributed by atoms with van der Waals surface area (Å²) in [5, 5.41) is 12.7. The zero-order chi connectivity index (χ0) is 12.3. The van der Waals surface area contributed by atoms with Crippen LogP contribution in [0.2, 0.25) is 5.02 Å². The van der Waals surface area contributed by atoms with Crippen LogP contribution in [0, 0.1) is 0 Å². The highest BCUT2D eigenvalue weighted by atomic mass is 35.5. The lowest BCUT2D eigenvalue weighted by Gasteiger charge is -2.05. The standard InChI is InChI=1S/C9H11ClN6S/c1-3-11-8-12-4-6(10)7(14-8)17-9-15-13-5-16(9)2/h4-5H,3H2,1-2H3,(H,11,12,14). The van der Waals surface area contributed by atoms with Crippen LogP contribution in [-0.2, 0) is 7.05 Å². The summed E-state index contributed by atoms with van der Waals surface area (Å²) in [4.78, 5) is 8.38. The summed E-state index contributed by atoms with van der Waals surface area (Å²) in [7, 11) is 1.86. The van der Waals surface area contributed by atoms with Gasteiger partial charge in [-0.15, -0.1) is 10.2 Å². The Bertz CT molecular complexity index is 514. The predicted octanol–water partition coefficient (Wildman–Crippen LogP) is 1.84. The minimum atomic E-state index is 0.500. The maximum absolute atomic E-state index is 6.03. The first-order valence-electron chi connectivity index (χ1n) is 4.99. The molecule has 0 aliphatic carbocycles. The minimum absolute atomic E-state index is 0.500. The summed E-state index contributed by atoms with van der Waals surface area (Å²) in [6, 6.07) is 0. The van der Waals surface area contributed by atoms with Gasteiger partial charge in [-0.1, -0.05) is 11.6 Å². The van der Waals surface area contributed by atoms with Crippen molar-refractivity contribution in [1.29, 1.82) is 0 Å². The molecule has 0 amide bonds. The molecule has 8 heteroatoms. The fraction of sp³-hybridized carbons (Fsp3) is 0.333. The van der Waals surface area contributed by atoms with Crippen LogP contribution in [0.3, 0.4) is 0 Å². The first-order chi connectivity index (χ1) is 8.20. The molecule has 1 N–H and O–H groups in total. The van der Waals surface area contributed by atoms with Gasteiger partial charge in [0.2, 0.25) is 5.95 Å². The van der Waals surface area contributed by atoms with E-state index in [4.69, 9.17) is 11.6 Å². The Kier molecular flexibility index (Phi) is 3.80. The zero-order valence-electron chi connectivity index (χ0n) is 9.38. The van der Waals surface area contributed by atoms with Gasteiger partial charge < -0.3 is 9.88 Å². The topological polar surface area (TPSA) is 68.5 Å². The highest BCUT2D eigenvalue weighted by Crippen LogP contribution is 2.29. The maximum atomic E-state index is 6.03. The van der Waals surface area contributed by atoms with Gasteiger partial charge in [-0.2, -0.15) is 0 Å². The maximum Gasteiger partial charge on any atom is 0.223 e. The highest BCUT2D eigenvalue weighted by molar-refractivity contribution is 7.99. The van der Waals surface area contributed by atoms with Crippen molar-refractivity contribution in [1.82, 2.24) is 24.7 Å². The molecule has 6 nitrogen and oxygen atoms in total. The molecule has 0 unspecified atom stereocenters. The van der Waals surface area contributed by atoms with Gasteiger partial charge in [0.05, 0.1) is 11.2 Å². The Hall–Kier alpha value is -1.34. The Labute approximate surface area is 108 Å². The van der Waals surface area contributed by atoms with Gasteiger partial charge >= 0.3 is 0 Å². The van der Waals surface area contributed by atoms with E-state index in [1.54, 1.807) is 17.1 Å². The van der Waals surface area contributed by atoms with Crippen LogP contribution in [0.15, 0.2) is 22.7 Å². The molecular weight excluding hydrogens is 260 g/mol. The number of anilines is 1. The normalized spacial score (nSPS) is 10.5. The van der Waals surface area contributed by atoms with Crippen LogP contribution in [0.1, 0.15) is 6.92 Å². The lowest BCUT2D eigenvalue weighted by molar-refractivity contribution is 0.787. The second-order valence-electron chi connectivity index (χ2n) is 3.20. The van der Waals surface area contributed by atoms with E-state index in [2.05, 4.69) is 25.5 Å². The quantitative estimate of drug-likeness (QED) is 0.855. The highest BCUT2D eigenvalue weighted by Gasteiger charge is 2.10. The van der Waals surface area contributed by atoms with Crippen LogP contribution in [0.25, 0.3) is 0 Å². The molecule has 2 aromatic rings. The van der Waals surface area contributed by atoms with Gasteiger partial charge in [-0.25, -0.2) is 9.97 Å². The van der Waals surface area contributed by atoms with Crippen molar-refractivity contribution in [3.8, 4) is 0 Å². The van der Waals surface area contributed by atoms with E-state index in [0.717, 1.165) is 11.7 Å². The van der Waals surface area contributed by atoms with E-state index >= 15 is 0 Å². The smallest absolute Gasteiger partial charge is 0.223 e. The van der Waals surface area contributed by atoms with Crippen LogP contribution in [-0.4, -0.2) is 31.3 Å². The molecule has 0 fully saturated rings. The molecule has 0 saturated heterocycles. The number of hydrogen-bond acceptors (Lipinski definition) is 6. The van der Waals surface area contributed by atoms with Crippen molar-refractivity contribution in [2.45, 2.75) is 17.1 Å². The summed E-state index contributed by atoms with van der Waals surface area (Å²) in [5.41, 5.74) is 0. The molecule has 0 radical (unpaired) electrons. The summed E-state index contributed by atoms with van der Waals surface area (Å²) >= 11 is 7.39. The fourth-order valence-electron chi connectivity index (χ4n) is 1.12. The number of aromatic nitrogens is 5. The lowest BCUT2D eigenvalue weighted by Crippen LogP contribution is -2.02. The van der Waals surface area contributed by atoms with Crippen molar-refractivity contribution in [3.63, 3.8) is 0 Å². The van der Waals surface area contributed by atoms with Crippen molar-refractivity contribution in [2.75, 3.05) is 11.9 Å². The molecule has 90 valence electrons. The monoisotopic (exact) mass is 270 g/mol. The first-order valence-corrected chi connectivity index (χ1v) is 6.18. The van der Waals surface area contributed by atoms with Gasteiger partial charge in [-0.3, -0.25) is 0 Å². The molecule has 2 heterocycles. The van der Waals surface area contributed by atoms with E-state index in [1.165, 1.54) is 11.8 Å². The van der Waals surface area contributed by atoms with Gasteiger partial charge in [0.25, 0.3) is 0 Å². The predicted molar refractivity (Wildman–Crippen MR) is 66.3 cm³/mol. The third kappa shape index (κ3) is 2.86. The summed E-state index contributed by atoms with van der Waals surface area (Å²) in [5.74, 6) is 0.557. The van der Waals surface area contributed by atoms with Gasteiger partial charge in [0.15, 0.2) is 5.16 Å². The van der Waals surface area contributed by atoms with Crippen LogP contribution < -0.4 is 5.32 Å². The third-order valence-electron chi connectivity index (χ3n) is 1.90.